The summed E-state index contributed by atoms with van der Waals surface area (Å²) in [5, 5.41) is 6.13. The quantitative estimate of drug-likeness (QED) is 0.404. The van der Waals surface area contributed by atoms with Gasteiger partial charge in [-0.2, -0.15) is 0 Å². The van der Waals surface area contributed by atoms with Gasteiger partial charge in [0.25, 0.3) is 0 Å². The van der Waals surface area contributed by atoms with Crippen LogP contribution in [0.1, 0.15) is 25.1 Å². The molecular formula is C16H29IN6O. The number of carbonyl (C=O) groups excluding carboxylic acids is 1. The van der Waals surface area contributed by atoms with Crippen molar-refractivity contribution >= 4 is 35.8 Å². The Bertz CT molecular complexity index is 536. The van der Waals surface area contributed by atoms with E-state index < -0.39 is 0 Å². The molecule has 1 fully saturated rings. The Balaban J connectivity index is 0.00000288. The van der Waals surface area contributed by atoms with Gasteiger partial charge in [0.15, 0.2) is 5.96 Å². The summed E-state index contributed by atoms with van der Waals surface area (Å²) in [7, 11) is 3.52. The standard InChI is InChI=1S/C16H28N6O.HI/c1-13-19-6-10-21(13)11-7-20-16(18-3)22-8-4-14(5-9-22)12-15(23)17-2;/h6,10,14H,4-5,7-9,11-12H2,1-3H3,(H,17,23)(H,18,20);1H. The lowest BCUT2D eigenvalue weighted by Crippen LogP contribution is -2.46. The summed E-state index contributed by atoms with van der Waals surface area (Å²) in [6.45, 7) is 5.60. The normalized spacial score (nSPS) is 15.8. The van der Waals surface area contributed by atoms with Gasteiger partial charge >= 0.3 is 0 Å². The lowest BCUT2D eigenvalue weighted by molar-refractivity contribution is -0.121. The second-order valence-corrected chi connectivity index (χ2v) is 5.95. The average molecular weight is 448 g/mol. The Morgan fingerprint density at radius 2 is 2.12 bits per heavy atom. The monoisotopic (exact) mass is 448 g/mol. The van der Waals surface area contributed by atoms with Crippen LogP contribution in [0.2, 0.25) is 0 Å². The third-order valence-corrected chi connectivity index (χ3v) is 4.44. The number of aliphatic imine (C=N–C) groups is 1. The van der Waals surface area contributed by atoms with Gasteiger partial charge < -0.3 is 20.1 Å². The lowest BCUT2D eigenvalue weighted by Gasteiger charge is -2.34. The molecule has 0 spiro atoms. The molecule has 1 aromatic rings. The Morgan fingerprint density at radius 1 is 1.42 bits per heavy atom. The van der Waals surface area contributed by atoms with E-state index >= 15 is 0 Å². The molecule has 24 heavy (non-hydrogen) atoms. The van der Waals surface area contributed by atoms with E-state index in [9.17, 15) is 4.79 Å². The highest BCUT2D eigenvalue weighted by Gasteiger charge is 2.22. The maximum Gasteiger partial charge on any atom is 0.220 e. The van der Waals surface area contributed by atoms with Gasteiger partial charge in [-0.3, -0.25) is 9.79 Å². The SMILES string of the molecule is CN=C(NCCn1ccnc1C)N1CCC(CC(=O)NC)CC1.I. The highest BCUT2D eigenvalue weighted by atomic mass is 127. The maximum atomic E-state index is 11.5. The van der Waals surface area contributed by atoms with Gasteiger partial charge in [0.1, 0.15) is 5.82 Å². The number of likely N-dealkylation sites (tertiary alicyclic amines) is 1. The number of guanidine groups is 1. The minimum Gasteiger partial charge on any atom is -0.359 e. The predicted molar refractivity (Wildman–Crippen MR) is 107 cm³/mol. The Labute approximate surface area is 161 Å². The highest BCUT2D eigenvalue weighted by Crippen LogP contribution is 2.20. The van der Waals surface area contributed by atoms with Crippen LogP contribution in [0.3, 0.4) is 0 Å². The summed E-state index contributed by atoms with van der Waals surface area (Å²) in [5.74, 6) is 2.59. The molecule has 1 aliphatic heterocycles. The first-order valence-electron chi connectivity index (χ1n) is 8.28. The minimum absolute atomic E-state index is 0. The number of aryl methyl sites for hydroxylation is 1. The predicted octanol–water partition coefficient (Wildman–Crippen LogP) is 1.23. The van der Waals surface area contributed by atoms with E-state index in [-0.39, 0.29) is 29.9 Å². The summed E-state index contributed by atoms with van der Waals surface area (Å²) in [4.78, 5) is 22.4. The van der Waals surface area contributed by atoms with Gasteiger partial charge in [0.05, 0.1) is 0 Å². The van der Waals surface area contributed by atoms with E-state index in [2.05, 4.69) is 30.1 Å². The summed E-state index contributed by atoms with van der Waals surface area (Å²) in [6.07, 6.45) is 6.52. The van der Waals surface area contributed by atoms with Gasteiger partial charge in [-0.15, -0.1) is 24.0 Å². The molecule has 1 aliphatic rings. The van der Waals surface area contributed by atoms with Crippen molar-refractivity contribution in [2.75, 3.05) is 33.7 Å². The number of aromatic nitrogens is 2. The fourth-order valence-corrected chi connectivity index (χ4v) is 2.97. The van der Waals surface area contributed by atoms with Crippen molar-refractivity contribution in [1.29, 1.82) is 0 Å². The van der Waals surface area contributed by atoms with Crippen molar-refractivity contribution < 1.29 is 4.79 Å². The van der Waals surface area contributed by atoms with Crippen LogP contribution < -0.4 is 10.6 Å². The molecule has 2 heterocycles. The third-order valence-electron chi connectivity index (χ3n) is 4.44. The fraction of sp³-hybridized carbons (Fsp3) is 0.688. The number of carbonyl (C=O) groups is 1. The van der Waals surface area contributed by atoms with E-state index in [0.717, 1.165) is 50.8 Å². The van der Waals surface area contributed by atoms with Crippen LogP contribution in [0.15, 0.2) is 17.4 Å². The number of hydrogen-bond donors (Lipinski definition) is 2. The number of imidazole rings is 1. The molecule has 2 rings (SSSR count). The summed E-state index contributed by atoms with van der Waals surface area (Å²) in [5.41, 5.74) is 0. The van der Waals surface area contributed by atoms with Gasteiger partial charge in [-0.1, -0.05) is 0 Å². The van der Waals surface area contributed by atoms with Crippen LogP contribution in [0.4, 0.5) is 0 Å². The average Bonchev–Trinajstić information content (AvgIpc) is 2.97. The number of amides is 1. The minimum atomic E-state index is 0. The topological polar surface area (TPSA) is 74.5 Å². The van der Waals surface area contributed by atoms with Crippen molar-refractivity contribution in [2.24, 2.45) is 10.9 Å². The Kier molecular flexibility index (Phi) is 9.09. The zero-order valence-electron chi connectivity index (χ0n) is 14.8. The first-order chi connectivity index (χ1) is 11.1. The van der Waals surface area contributed by atoms with E-state index in [1.807, 2.05) is 26.4 Å². The zero-order valence-corrected chi connectivity index (χ0v) is 17.1. The third kappa shape index (κ3) is 5.95. The lowest BCUT2D eigenvalue weighted by atomic mass is 9.93. The van der Waals surface area contributed by atoms with Crippen LogP contribution in [-0.2, 0) is 11.3 Å². The summed E-state index contributed by atoms with van der Waals surface area (Å²) < 4.78 is 2.12. The number of hydrogen-bond acceptors (Lipinski definition) is 3. The van der Waals surface area contributed by atoms with Crippen molar-refractivity contribution in [1.82, 2.24) is 25.1 Å². The van der Waals surface area contributed by atoms with Crippen LogP contribution >= 0.6 is 24.0 Å². The van der Waals surface area contributed by atoms with Crippen LogP contribution in [0, 0.1) is 12.8 Å². The molecule has 2 N–H and O–H groups in total. The van der Waals surface area contributed by atoms with Gasteiger partial charge in [0.2, 0.25) is 5.91 Å². The number of nitrogens with one attached hydrogen (secondary N) is 2. The molecule has 136 valence electrons. The molecule has 1 aromatic heterocycles. The number of rotatable bonds is 5. The molecule has 0 unspecified atom stereocenters. The molecule has 1 amide bonds. The summed E-state index contributed by atoms with van der Waals surface area (Å²) >= 11 is 0. The van der Waals surface area contributed by atoms with Crippen LogP contribution in [0.5, 0.6) is 0 Å². The number of piperidine rings is 1. The first-order valence-corrected chi connectivity index (χ1v) is 8.28. The molecule has 0 radical (unpaired) electrons. The Morgan fingerprint density at radius 3 is 2.67 bits per heavy atom. The van der Waals surface area contributed by atoms with Crippen molar-refractivity contribution in [3.05, 3.63) is 18.2 Å². The van der Waals surface area contributed by atoms with E-state index in [1.165, 1.54) is 0 Å². The molecule has 0 aromatic carbocycles. The Hall–Kier alpha value is -1.32. The molecule has 8 heteroatoms. The molecule has 0 aliphatic carbocycles. The summed E-state index contributed by atoms with van der Waals surface area (Å²) in [6, 6.07) is 0. The van der Waals surface area contributed by atoms with Crippen LogP contribution in [-0.4, -0.2) is 60.0 Å². The van der Waals surface area contributed by atoms with Gasteiger partial charge in [-0.25, -0.2) is 4.98 Å². The molecular weight excluding hydrogens is 419 g/mol. The van der Waals surface area contributed by atoms with E-state index in [4.69, 9.17) is 0 Å². The number of nitrogens with zero attached hydrogens (tertiary/aromatic N) is 4. The van der Waals surface area contributed by atoms with E-state index in [1.54, 1.807) is 7.05 Å². The first kappa shape index (κ1) is 20.7. The van der Waals surface area contributed by atoms with Gasteiger partial charge in [0, 0.05) is 59.1 Å². The molecule has 0 bridgehead atoms. The van der Waals surface area contributed by atoms with Crippen LogP contribution in [0.25, 0.3) is 0 Å². The fourth-order valence-electron chi connectivity index (χ4n) is 2.97. The largest absolute Gasteiger partial charge is 0.359 e. The molecule has 1 saturated heterocycles. The smallest absolute Gasteiger partial charge is 0.220 e. The van der Waals surface area contributed by atoms with Gasteiger partial charge in [-0.05, 0) is 25.7 Å². The molecule has 7 nitrogen and oxygen atoms in total. The van der Waals surface area contributed by atoms with Crippen molar-refractivity contribution in [2.45, 2.75) is 32.7 Å². The highest BCUT2D eigenvalue weighted by molar-refractivity contribution is 14.0. The second kappa shape index (κ2) is 10.5. The number of halogens is 1. The van der Waals surface area contributed by atoms with Crippen molar-refractivity contribution in [3.63, 3.8) is 0 Å². The second-order valence-electron chi connectivity index (χ2n) is 5.95. The maximum absolute atomic E-state index is 11.5. The zero-order chi connectivity index (χ0) is 16.7. The molecule has 0 saturated carbocycles. The molecule has 0 atom stereocenters. The van der Waals surface area contributed by atoms with E-state index in [0.29, 0.717) is 12.3 Å². The van der Waals surface area contributed by atoms with Crippen molar-refractivity contribution in [3.8, 4) is 0 Å².